The van der Waals surface area contributed by atoms with Crippen LogP contribution in [-0.2, 0) is 4.79 Å². The van der Waals surface area contributed by atoms with Crippen LogP contribution < -0.4 is 5.32 Å². The Morgan fingerprint density at radius 3 is 2.33 bits per heavy atom. The molecule has 4 heteroatoms. The van der Waals surface area contributed by atoms with E-state index < -0.39 is 5.92 Å². The van der Waals surface area contributed by atoms with Crippen molar-refractivity contribution in [3.05, 3.63) is 100 Å². The summed E-state index contributed by atoms with van der Waals surface area (Å²) in [6, 6.07) is 21.7. The molecule has 136 valence electrons. The molecule has 1 atom stereocenters. The number of ketones is 1. The highest BCUT2D eigenvalue weighted by molar-refractivity contribution is 6.31. The summed E-state index contributed by atoms with van der Waals surface area (Å²) in [5.74, 6) is -0.618. The third kappa shape index (κ3) is 4.44. The minimum absolute atomic E-state index is 0.0595. The van der Waals surface area contributed by atoms with Crippen LogP contribution in [0.1, 0.15) is 39.9 Å². The molecule has 0 spiro atoms. The normalized spacial score (nSPS) is 11.7. The maximum Gasteiger partial charge on any atom is 0.231 e. The van der Waals surface area contributed by atoms with Gasteiger partial charge in [-0.1, -0.05) is 66.2 Å². The van der Waals surface area contributed by atoms with Crippen LogP contribution in [0.25, 0.3) is 0 Å². The zero-order chi connectivity index (χ0) is 19.4. The first kappa shape index (κ1) is 18.9. The van der Waals surface area contributed by atoms with Crippen LogP contribution in [0.15, 0.2) is 72.8 Å². The van der Waals surface area contributed by atoms with Gasteiger partial charge in [0.05, 0.1) is 5.92 Å². The predicted octanol–water partition coefficient (Wildman–Crippen LogP) is 5.62. The Labute approximate surface area is 164 Å². The molecule has 3 aromatic rings. The van der Waals surface area contributed by atoms with E-state index in [-0.39, 0.29) is 11.7 Å². The van der Waals surface area contributed by atoms with Crippen LogP contribution in [0.4, 0.5) is 5.69 Å². The van der Waals surface area contributed by atoms with Crippen molar-refractivity contribution in [1.29, 1.82) is 0 Å². The van der Waals surface area contributed by atoms with Crippen molar-refractivity contribution in [3.8, 4) is 0 Å². The molecule has 0 saturated heterocycles. The van der Waals surface area contributed by atoms with Crippen LogP contribution in [0.2, 0.25) is 5.02 Å². The van der Waals surface area contributed by atoms with Gasteiger partial charge in [-0.3, -0.25) is 9.59 Å². The Morgan fingerprint density at radius 1 is 0.889 bits per heavy atom. The summed E-state index contributed by atoms with van der Waals surface area (Å²) >= 11 is 6.02. The summed E-state index contributed by atoms with van der Waals surface area (Å²) in [5, 5.41) is 3.49. The second kappa shape index (κ2) is 8.19. The molecular formula is C23H20ClNO2. The van der Waals surface area contributed by atoms with E-state index in [1.165, 1.54) is 0 Å². The molecule has 0 aliphatic heterocycles. The summed E-state index contributed by atoms with van der Waals surface area (Å²) < 4.78 is 0. The fourth-order valence-electron chi connectivity index (χ4n) is 2.83. The largest absolute Gasteiger partial charge is 0.325 e. The number of hydrogen-bond acceptors (Lipinski definition) is 2. The first-order chi connectivity index (χ1) is 13.0. The fraction of sp³-hybridized carbons (Fsp3) is 0.130. The van der Waals surface area contributed by atoms with Crippen molar-refractivity contribution in [1.82, 2.24) is 0 Å². The standard InChI is InChI=1S/C23H20ClNO2/c1-15-11-12-20(24)14-21(15)25-23(27)16(2)18-9-6-10-19(13-18)22(26)17-7-4-3-5-8-17/h3-14,16H,1-2H3,(H,25,27)/t16-/m1/s1. The van der Waals surface area contributed by atoms with Crippen molar-refractivity contribution >= 4 is 29.0 Å². The topological polar surface area (TPSA) is 46.2 Å². The van der Waals surface area contributed by atoms with Crippen LogP contribution >= 0.6 is 11.6 Å². The summed E-state index contributed by atoms with van der Waals surface area (Å²) in [5.41, 5.74) is 3.61. The average molecular weight is 378 g/mol. The van der Waals surface area contributed by atoms with Gasteiger partial charge in [0, 0.05) is 21.8 Å². The molecule has 27 heavy (non-hydrogen) atoms. The fourth-order valence-corrected chi connectivity index (χ4v) is 3.00. The zero-order valence-electron chi connectivity index (χ0n) is 15.2. The number of nitrogens with one attached hydrogen (secondary N) is 1. The van der Waals surface area contributed by atoms with E-state index in [9.17, 15) is 9.59 Å². The molecule has 0 aliphatic carbocycles. The lowest BCUT2D eigenvalue weighted by molar-refractivity contribution is -0.117. The van der Waals surface area contributed by atoms with Gasteiger partial charge in [-0.2, -0.15) is 0 Å². The lowest BCUT2D eigenvalue weighted by Crippen LogP contribution is -2.19. The van der Waals surface area contributed by atoms with E-state index in [4.69, 9.17) is 11.6 Å². The van der Waals surface area contributed by atoms with Crippen molar-refractivity contribution in [2.24, 2.45) is 0 Å². The smallest absolute Gasteiger partial charge is 0.231 e. The maximum atomic E-state index is 12.7. The molecule has 0 aliphatic rings. The predicted molar refractivity (Wildman–Crippen MR) is 110 cm³/mol. The Kier molecular flexibility index (Phi) is 5.72. The molecule has 0 unspecified atom stereocenters. The third-order valence-electron chi connectivity index (χ3n) is 4.54. The van der Waals surface area contributed by atoms with E-state index in [1.54, 1.807) is 42.5 Å². The van der Waals surface area contributed by atoms with Gasteiger partial charge < -0.3 is 5.32 Å². The number of amides is 1. The molecule has 0 saturated carbocycles. The lowest BCUT2D eigenvalue weighted by Gasteiger charge is -2.15. The lowest BCUT2D eigenvalue weighted by atomic mass is 9.95. The average Bonchev–Trinajstić information content (AvgIpc) is 2.70. The SMILES string of the molecule is Cc1ccc(Cl)cc1NC(=O)[C@H](C)c1cccc(C(=O)c2ccccc2)c1. The van der Waals surface area contributed by atoms with E-state index in [0.29, 0.717) is 21.8 Å². The number of benzene rings is 3. The molecule has 1 amide bonds. The van der Waals surface area contributed by atoms with Crippen molar-refractivity contribution in [3.63, 3.8) is 0 Å². The van der Waals surface area contributed by atoms with Crippen molar-refractivity contribution in [2.75, 3.05) is 5.32 Å². The summed E-state index contributed by atoms with van der Waals surface area (Å²) in [6.45, 7) is 3.73. The van der Waals surface area contributed by atoms with Crippen LogP contribution in [0, 0.1) is 6.92 Å². The van der Waals surface area contributed by atoms with Gasteiger partial charge in [0.2, 0.25) is 5.91 Å². The van der Waals surface area contributed by atoms with Crippen LogP contribution in [-0.4, -0.2) is 11.7 Å². The number of aryl methyl sites for hydroxylation is 1. The van der Waals surface area contributed by atoms with E-state index in [0.717, 1.165) is 11.1 Å². The third-order valence-corrected chi connectivity index (χ3v) is 4.77. The molecular weight excluding hydrogens is 358 g/mol. The van der Waals surface area contributed by atoms with Crippen LogP contribution in [0.3, 0.4) is 0 Å². The Hall–Kier alpha value is -2.91. The van der Waals surface area contributed by atoms with Gasteiger partial charge >= 0.3 is 0 Å². The Bertz CT molecular complexity index is 983. The molecule has 0 fully saturated rings. The first-order valence-corrected chi connectivity index (χ1v) is 9.10. The summed E-state index contributed by atoms with van der Waals surface area (Å²) in [6.07, 6.45) is 0. The van der Waals surface area contributed by atoms with Gasteiger partial charge in [0.25, 0.3) is 0 Å². The minimum atomic E-state index is -0.410. The first-order valence-electron chi connectivity index (χ1n) is 8.72. The number of carbonyl (C=O) groups excluding carboxylic acids is 2. The molecule has 0 aromatic heterocycles. The van der Waals surface area contributed by atoms with Crippen molar-refractivity contribution < 1.29 is 9.59 Å². The highest BCUT2D eigenvalue weighted by Gasteiger charge is 2.18. The molecule has 0 radical (unpaired) electrons. The molecule has 3 aromatic carbocycles. The molecule has 3 rings (SSSR count). The number of hydrogen-bond donors (Lipinski definition) is 1. The zero-order valence-corrected chi connectivity index (χ0v) is 16.0. The summed E-state index contributed by atoms with van der Waals surface area (Å²) in [7, 11) is 0. The highest BCUT2D eigenvalue weighted by Crippen LogP contribution is 2.24. The molecule has 1 N–H and O–H groups in total. The Morgan fingerprint density at radius 2 is 1.59 bits per heavy atom. The number of rotatable bonds is 5. The van der Waals surface area contributed by atoms with Crippen LogP contribution in [0.5, 0.6) is 0 Å². The molecule has 0 heterocycles. The van der Waals surface area contributed by atoms with Gasteiger partial charge in [-0.15, -0.1) is 0 Å². The number of carbonyl (C=O) groups is 2. The van der Waals surface area contributed by atoms with E-state index in [2.05, 4.69) is 5.32 Å². The monoisotopic (exact) mass is 377 g/mol. The highest BCUT2D eigenvalue weighted by atomic mass is 35.5. The maximum absolute atomic E-state index is 12.7. The van der Waals surface area contributed by atoms with Crippen molar-refractivity contribution in [2.45, 2.75) is 19.8 Å². The van der Waals surface area contributed by atoms with Gasteiger partial charge in [-0.05, 0) is 43.2 Å². The number of halogens is 1. The summed E-state index contributed by atoms with van der Waals surface area (Å²) in [4.78, 5) is 25.3. The number of anilines is 1. The molecule has 0 bridgehead atoms. The Balaban J connectivity index is 1.80. The van der Waals surface area contributed by atoms with E-state index in [1.807, 2.05) is 44.2 Å². The second-order valence-corrected chi connectivity index (χ2v) is 6.93. The minimum Gasteiger partial charge on any atom is -0.325 e. The van der Waals surface area contributed by atoms with E-state index >= 15 is 0 Å². The quantitative estimate of drug-likeness (QED) is 0.586. The molecule has 3 nitrogen and oxygen atoms in total. The van der Waals surface area contributed by atoms with Gasteiger partial charge in [0.1, 0.15) is 0 Å². The second-order valence-electron chi connectivity index (χ2n) is 6.49. The van der Waals surface area contributed by atoms with Gasteiger partial charge in [0.15, 0.2) is 5.78 Å². The van der Waals surface area contributed by atoms with Gasteiger partial charge in [-0.25, -0.2) is 0 Å².